The summed E-state index contributed by atoms with van der Waals surface area (Å²) in [7, 11) is 0. The van der Waals surface area contributed by atoms with Crippen molar-refractivity contribution in [1.29, 1.82) is 0 Å². The van der Waals surface area contributed by atoms with Crippen LogP contribution in [-0.4, -0.2) is 34.9 Å². The molecule has 14 heavy (non-hydrogen) atoms. The number of aliphatic hydroxyl groups excluding tert-OH is 2. The minimum Gasteiger partial charge on any atom is -0.396 e. The molecule has 0 heterocycles. The molecule has 0 bridgehead atoms. The van der Waals surface area contributed by atoms with E-state index in [-0.39, 0.29) is 24.7 Å². The highest BCUT2D eigenvalue weighted by Gasteiger charge is 2.21. The Morgan fingerprint density at radius 1 is 1.43 bits per heavy atom. The summed E-state index contributed by atoms with van der Waals surface area (Å²) < 4.78 is 0. The van der Waals surface area contributed by atoms with Crippen molar-refractivity contribution in [3.63, 3.8) is 0 Å². The predicted octanol–water partition coefficient (Wildman–Crippen LogP) is 0.179. The first-order valence-electron chi connectivity index (χ1n) is 5.30. The maximum atomic E-state index is 11.3. The number of hydrogen-bond donors (Lipinski definition) is 3. The van der Waals surface area contributed by atoms with Crippen LogP contribution in [-0.2, 0) is 4.79 Å². The molecule has 0 aromatic carbocycles. The van der Waals surface area contributed by atoms with Crippen molar-refractivity contribution in [2.75, 3.05) is 6.61 Å². The Kier molecular flexibility index (Phi) is 4.90. The lowest BCUT2D eigenvalue weighted by molar-refractivity contribution is -0.122. The minimum atomic E-state index is -0.258. The summed E-state index contributed by atoms with van der Waals surface area (Å²) in [5, 5.41) is 20.8. The van der Waals surface area contributed by atoms with Crippen LogP contribution in [0.5, 0.6) is 0 Å². The van der Waals surface area contributed by atoms with Gasteiger partial charge in [0.2, 0.25) is 5.91 Å². The standard InChI is InChI=1S/C10H19NO3/c12-6-2-5-10(14)11-8-3-1-4-9(13)7-8/h8-9,12-13H,1-7H2,(H,11,14). The van der Waals surface area contributed by atoms with Crippen molar-refractivity contribution in [1.82, 2.24) is 5.32 Å². The molecule has 1 amide bonds. The van der Waals surface area contributed by atoms with Crippen LogP contribution in [0.25, 0.3) is 0 Å². The minimum absolute atomic E-state index is 0.0156. The molecule has 0 aliphatic heterocycles. The Labute approximate surface area is 84.3 Å². The first kappa shape index (κ1) is 11.5. The van der Waals surface area contributed by atoms with Crippen molar-refractivity contribution in [2.24, 2.45) is 0 Å². The van der Waals surface area contributed by atoms with Crippen LogP contribution in [0.4, 0.5) is 0 Å². The van der Waals surface area contributed by atoms with Crippen LogP contribution < -0.4 is 5.32 Å². The van der Waals surface area contributed by atoms with Crippen LogP contribution in [0.15, 0.2) is 0 Å². The normalized spacial score (nSPS) is 27.3. The Hall–Kier alpha value is -0.610. The second kappa shape index (κ2) is 5.98. The van der Waals surface area contributed by atoms with Gasteiger partial charge in [0.15, 0.2) is 0 Å². The highest BCUT2D eigenvalue weighted by molar-refractivity contribution is 5.76. The Morgan fingerprint density at radius 3 is 2.86 bits per heavy atom. The van der Waals surface area contributed by atoms with Gasteiger partial charge < -0.3 is 15.5 Å². The SMILES string of the molecule is O=C(CCCO)NC1CCCC(O)C1. The van der Waals surface area contributed by atoms with E-state index >= 15 is 0 Å². The lowest BCUT2D eigenvalue weighted by Gasteiger charge is -2.26. The van der Waals surface area contributed by atoms with E-state index in [0.717, 1.165) is 19.3 Å². The van der Waals surface area contributed by atoms with Gasteiger partial charge in [-0.3, -0.25) is 4.79 Å². The second-order valence-electron chi connectivity index (χ2n) is 3.91. The smallest absolute Gasteiger partial charge is 0.220 e. The molecule has 0 radical (unpaired) electrons. The highest BCUT2D eigenvalue weighted by atomic mass is 16.3. The van der Waals surface area contributed by atoms with Gasteiger partial charge in [0.1, 0.15) is 0 Å². The molecule has 4 nitrogen and oxygen atoms in total. The summed E-state index contributed by atoms with van der Waals surface area (Å²) in [6.45, 7) is 0.0563. The zero-order valence-electron chi connectivity index (χ0n) is 8.41. The van der Waals surface area contributed by atoms with E-state index in [1.54, 1.807) is 0 Å². The summed E-state index contributed by atoms with van der Waals surface area (Å²) in [5.41, 5.74) is 0. The van der Waals surface area contributed by atoms with Crippen molar-refractivity contribution < 1.29 is 15.0 Å². The number of nitrogens with one attached hydrogen (secondary N) is 1. The third-order valence-electron chi connectivity index (χ3n) is 2.57. The second-order valence-corrected chi connectivity index (χ2v) is 3.91. The number of amides is 1. The molecule has 0 aromatic rings. The molecule has 2 unspecified atom stereocenters. The molecule has 1 saturated carbocycles. The van der Waals surface area contributed by atoms with Gasteiger partial charge in [0.25, 0.3) is 0 Å². The van der Waals surface area contributed by atoms with Gasteiger partial charge in [-0.15, -0.1) is 0 Å². The fourth-order valence-corrected chi connectivity index (χ4v) is 1.83. The van der Waals surface area contributed by atoms with Gasteiger partial charge in [-0.05, 0) is 32.1 Å². The van der Waals surface area contributed by atoms with Gasteiger partial charge in [0.05, 0.1) is 6.10 Å². The van der Waals surface area contributed by atoms with Gasteiger partial charge >= 0.3 is 0 Å². The number of carbonyl (C=O) groups is 1. The third-order valence-corrected chi connectivity index (χ3v) is 2.57. The fourth-order valence-electron chi connectivity index (χ4n) is 1.83. The molecule has 1 rings (SSSR count). The topological polar surface area (TPSA) is 69.6 Å². The summed E-state index contributed by atoms with van der Waals surface area (Å²) >= 11 is 0. The van der Waals surface area contributed by atoms with Crippen molar-refractivity contribution in [3.8, 4) is 0 Å². The van der Waals surface area contributed by atoms with Crippen LogP contribution in [0.3, 0.4) is 0 Å². The predicted molar refractivity (Wildman–Crippen MR) is 52.7 cm³/mol. The maximum absolute atomic E-state index is 11.3. The van der Waals surface area contributed by atoms with E-state index in [0.29, 0.717) is 19.3 Å². The zero-order chi connectivity index (χ0) is 10.4. The van der Waals surface area contributed by atoms with E-state index in [9.17, 15) is 9.90 Å². The molecule has 0 spiro atoms. The van der Waals surface area contributed by atoms with E-state index < -0.39 is 0 Å². The van der Waals surface area contributed by atoms with Crippen molar-refractivity contribution in [3.05, 3.63) is 0 Å². The molecule has 1 aliphatic rings. The summed E-state index contributed by atoms with van der Waals surface area (Å²) in [4.78, 5) is 11.3. The Morgan fingerprint density at radius 2 is 2.21 bits per heavy atom. The molecule has 0 saturated heterocycles. The lowest BCUT2D eigenvalue weighted by atomic mass is 9.93. The largest absolute Gasteiger partial charge is 0.396 e. The van der Waals surface area contributed by atoms with Crippen LogP contribution >= 0.6 is 0 Å². The maximum Gasteiger partial charge on any atom is 0.220 e. The summed E-state index contributed by atoms with van der Waals surface area (Å²) in [5.74, 6) is -0.0156. The van der Waals surface area contributed by atoms with Crippen LogP contribution in [0, 0.1) is 0 Å². The first-order chi connectivity index (χ1) is 6.72. The lowest BCUT2D eigenvalue weighted by Crippen LogP contribution is -2.39. The number of carbonyl (C=O) groups excluding carboxylic acids is 1. The highest BCUT2D eigenvalue weighted by Crippen LogP contribution is 2.18. The van der Waals surface area contributed by atoms with E-state index in [1.165, 1.54) is 0 Å². The Bertz CT molecular complexity index is 184. The molecular weight excluding hydrogens is 182 g/mol. The zero-order valence-corrected chi connectivity index (χ0v) is 8.41. The molecule has 82 valence electrons. The molecular formula is C10H19NO3. The van der Waals surface area contributed by atoms with Crippen molar-refractivity contribution in [2.45, 2.75) is 50.7 Å². The van der Waals surface area contributed by atoms with Gasteiger partial charge in [0, 0.05) is 19.1 Å². The van der Waals surface area contributed by atoms with E-state index in [1.807, 2.05) is 0 Å². The monoisotopic (exact) mass is 201 g/mol. The van der Waals surface area contributed by atoms with Crippen LogP contribution in [0.2, 0.25) is 0 Å². The van der Waals surface area contributed by atoms with E-state index in [4.69, 9.17) is 5.11 Å². The molecule has 4 heteroatoms. The quantitative estimate of drug-likeness (QED) is 0.607. The van der Waals surface area contributed by atoms with Crippen LogP contribution in [0.1, 0.15) is 38.5 Å². The average Bonchev–Trinajstić information content (AvgIpc) is 2.15. The third kappa shape index (κ3) is 4.07. The number of hydrogen-bond acceptors (Lipinski definition) is 3. The molecule has 0 aromatic heterocycles. The first-order valence-corrected chi connectivity index (χ1v) is 5.30. The summed E-state index contributed by atoms with van der Waals surface area (Å²) in [6.07, 6.45) is 4.10. The summed E-state index contributed by atoms with van der Waals surface area (Å²) in [6, 6.07) is 0.130. The van der Waals surface area contributed by atoms with Gasteiger partial charge in [-0.1, -0.05) is 0 Å². The molecule has 2 atom stereocenters. The average molecular weight is 201 g/mol. The fraction of sp³-hybridized carbons (Fsp3) is 0.900. The van der Waals surface area contributed by atoms with E-state index in [2.05, 4.69) is 5.32 Å². The van der Waals surface area contributed by atoms with Gasteiger partial charge in [-0.25, -0.2) is 0 Å². The number of rotatable bonds is 4. The molecule has 3 N–H and O–H groups in total. The van der Waals surface area contributed by atoms with Crippen molar-refractivity contribution >= 4 is 5.91 Å². The molecule has 1 fully saturated rings. The van der Waals surface area contributed by atoms with Gasteiger partial charge in [-0.2, -0.15) is 0 Å². The molecule has 1 aliphatic carbocycles. The number of aliphatic hydroxyl groups is 2. The Balaban J connectivity index is 2.18.